The number of nitro benzene ring substituents is 1. The highest BCUT2D eigenvalue weighted by Gasteiger charge is 2.31. The van der Waals surface area contributed by atoms with E-state index in [1.54, 1.807) is 12.1 Å². The zero-order chi connectivity index (χ0) is 34.5. The lowest BCUT2D eigenvalue weighted by Crippen LogP contribution is -2.47. The molecular formula is C33H62N3O8PS. The van der Waals surface area contributed by atoms with E-state index in [-0.39, 0.29) is 11.4 Å². The van der Waals surface area contributed by atoms with Crippen molar-refractivity contribution >= 4 is 29.2 Å². The van der Waals surface area contributed by atoms with Gasteiger partial charge in [0.15, 0.2) is 0 Å². The minimum absolute atomic E-state index is 0.0775. The van der Waals surface area contributed by atoms with Crippen LogP contribution in [0.1, 0.15) is 141 Å². The van der Waals surface area contributed by atoms with Crippen LogP contribution >= 0.6 is 7.82 Å². The Bertz CT molecular complexity index is 1130. The third-order valence-corrected chi connectivity index (χ3v) is 10.9. The van der Waals surface area contributed by atoms with Crippen LogP contribution < -0.4 is 9.62 Å². The van der Waals surface area contributed by atoms with Crippen molar-refractivity contribution in [3.05, 3.63) is 33.9 Å². The Morgan fingerprint density at radius 2 is 1.30 bits per heavy atom. The van der Waals surface area contributed by atoms with Crippen molar-refractivity contribution in [1.82, 2.24) is 0 Å². The van der Waals surface area contributed by atoms with E-state index in [2.05, 4.69) is 25.6 Å². The van der Waals surface area contributed by atoms with E-state index < -0.39 is 28.0 Å². The summed E-state index contributed by atoms with van der Waals surface area (Å²) >= 11 is 0. The van der Waals surface area contributed by atoms with Crippen LogP contribution in [0.15, 0.2) is 18.2 Å². The minimum Gasteiger partial charge on any atom is -0.756 e. The fraction of sp³-hybridized carbons (Fsp3) is 0.818. The molecule has 1 aliphatic rings. The number of rotatable bonds is 22. The molecule has 0 aliphatic heterocycles. The largest absolute Gasteiger partial charge is 0.756 e. The van der Waals surface area contributed by atoms with Crippen molar-refractivity contribution < 1.29 is 37.1 Å². The Balaban J connectivity index is 0.00000195. The number of likely N-dealkylation sites (N-methyl/N-ethyl adjacent to an activating group) is 1. The Hall–Kier alpha value is -1.56. The van der Waals surface area contributed by atoms with Gasteiger partial charge in [-0.2, -0.15) is 0 Å². The van der Waals surface area contributed by atoms with Crippen molar-refractivity contribution in [3.8, 4) is 0 Å². The topological polar surface area (TPSA) is 170 Å². The van der Waals surface area contributed by atoms with E-state index in [0.29, 0.717) is 24.8 Å². The number of nitrogens with zero attached hydrogens (tertiary/aromatic N) is 2. The van der Waals surface area contributed by atoms with E-state index in [4.69, 9.17) is 19.2 Å². The summed E-state index contributed by atoms with van der Waals surface area (Å²) in [6.07, 6.45) is 22.2. The average molecular weight is 692 g/mol. The molecule has 2 rings (SSSR count). The molecular weight excluding hydrogens is 629 g/mol. The van der Waals surface area contributed by atoms with Gasteiger partial charge in [-0.15, -0.1) is 0 Å². The lowest BCUT2D eigenvalue weighted by Gasteiger charge is -2.35. The SMILES string of the molecule is CCCCCCCCCC[N+](C)(CCCCCCC)CCc1cccc(NS(=O)(=O)C2CCCCCC2)c1[N+](=O)[O-].O=P([O-])(O)O. The number of nitro groups is 1. The molecule has 0 bridgehead atoms. The molecule has 1 aromatic rings. The van der Waals surface area contributed by atoms with Crippen LogP contribution in [0.5, 0.6) is 0 Å². The van der Waals surface area contributed by atoms with Gasteiger partial charge in [0.2, 0.25) is 10.0 Å². The zero-order valence-corrected chi connectivity index (χ0v) is 30.4. The predicted octanol–water partition coefficient (Wildman–Crippen LogP) is 7.60. The first-order valence-corrected chi connectivity index (χ1v) is 20.7. The molecule has 13 heteroatoms. The van der Waals surface area contributed by atoms with Crippen LogP contribution in [0.3, 0.4) is 0 Å². The average Bonchev–Trinajstić information content (AvgIpc) is 3.27. The maximum atomic E-state index is 13.2. The van der Waals surface area contributed by atoms with Crippen molar-refractivity contribution in [3.63, 3.8) is 0 Å². The number of para-hydroxylation sites is 1. The van der Waals surface area contributed by atoms with Crippen molar-refractivity contribution in [2.24, 2.45) is 0 Å². The lowest BCUT2D eigenvalue weighted by atomic mass is 10.1. The van der Waals surface area contributed by atoms with Gasteiger partial charge in [0.05, 0.1) is 36.9 Å². The van der Waals surface area contributed by atoms with Crippen molar-refractivity contribution in [2.75, 3.05) is 31.4 Å². The van der Waals surface area contributed by atoms with Gasteiger partial charge in [0, 0.05) is 12.0 Å². The van der Waals surface area contributed by atoms with Crippen LogP contribution in [0.4, 0.5) is 11.4 Å². The van der Waals surface area contributed by atoms with Gasteiger partial charge in [-0.1, -0.05) is 109 Å². The second-order valence-corrected chi connectivity index (χ2v) is 16.2. The highest BCUT2D eigenvalue weighted by molar-refractivity contribution is 7.93. The van der Waals surface area contributed by atoms with Crippen molar-refractivity contribution in [1.29, 1.82) is 0 Å². The van der Waals surface area contributed by atoms with Crippen LogP contribution in [-0.2, 0) is 21.0 Å². The Morgan fingerprint density at radius 1 is 0.848 bits per heavy atom. The predicted molar refractivity (Wildman–Crippen MR) is 185 cm³/mol. The quantitative estimate of drug-likeness (QED) is 0.0279. The molecule has 0 amide bonds. The summed E-state index contributed by atoms with van der Waals surface area (Å²) in [7, 11) is -6.26. The van der Waals surface area contributed by atoms with E-state index in [0.717, 1.165) is 49.8 Å². The number of benzene rings is 1. The molecule has 3 N–H and O–H groups in total. The second-order valence-electron chi connectivity index (χ2n) is 13.3. The Labute approximate surface area is 278 Å². The number of nitrogens with one attached hydrogen (secondary N) is 1. The molecule has 268 valence electrons. The van der Waals surface area contributed by atoms with E-state index in [1.807, 2.05) is 6.07 Å². The fourth-order valence-electron chi connectivity index (χ4n) is 6.33. The van der Waals surface area contributed by atoms with Crippen LogP contribution in [0, 0.1) is 10.1 Å². The smallest absolute Gasteiger partial charge is 0.296 e. The molecule has 0 saturated heterocycles. The Morgan fingerprint density at radius 3 is 1.76 bits per heavy atom. The van der Waals surface area contributed by atoms with Gasteiger partial charge in [0.1, 0.15) is 5.69 Å². The monoisotopic (exact) mass is 691 g/mol. The third kappa shape index (κ3) is 19.3. The molecule has 1 aliphatic carbocycles. The molecule has 0 spiro atoms. The minimum atomic E-state index is -4.89. The first-order valence-electron chi connectivity index (χ1n) is 17.6. The summed E-state index contributed by atoms with van der Waals surface area (Å²) in [6.45, 7) is 7.49. The molecule has 1 atom stereocenters. The molecule has 1 unspecified atom stereocenters. The van der Waals surface area contributed by atoms with Gasteiger partial charge in [-0.05, 0) is 44.6 Å². The molecule has 0 heterocycles. The molecule has 11 nitrogen and oxygen atoms in total. The third-order valence-electron chi connectivity index (χ3n) is 9.07. The number of hydrogen-bond acceptors (Lipinski definition) is 6. The van der Waals surface area contributed by atoms with Gasteiger partial charge in [-0.25, -0.2) is 8.42 Å². The standard InChI is InChI=1S/C33H60N3O4S.H3O4P/c1-4-6-8-10-11-12-16-20-28-36(3,27-19-15-9-7-5-2)29-26-30-22-21-25-32(33(30)35(37)38)34-41(39,40)31-23-17-13-14-18-24-31;1-5(2,3)4/h21-22,25,31,34H,4-20,23-24,26-29H2,1-3H3;(H3,1,2,3,4)/q+1;/p-1. The molecule has 0 radical (unpaired) electrons. The van der Waals surface area contributed by atoms with E-state index >= 15 is 0 Å². The first kappa shape index (κ1) is 42.5. The molecule has 1 fully saturated rings. The van der Waals surface area contributed by atoms with E-state index in [9.17, 15) is 18.5 Å². The Kier molecular flexibility index (Phi) is 21.1. The maximum absolute atomic E-state index is 13.2. The van der Waals surface area contributed by atoms with Gasteiger partial charge in [0.25, 0.3) is 13.5 Å². The zero-order valence-electron chi connectivity index (χ0n) is 28.7. The van der Waals surface area contributed by atoms with Gasteiger partial charge in [-0.3, -0.25) is 19.4 Å². The second kappa shape index (κ2) is 22.9. The molecule has 1 saturated carbocycles. The number of anilines is 1. The number of quaternary nitrogens is 1. The lowest BCUT2D eigenvalue weighted by molar-refractivity contribution is -0.909. The molecule has 0 aromatic heterocycles. The fourth-order valence-corrected chi connectivity index (χ4v) is 7.92. The van der Waals surface area contributed by atoms with Crippen LogP contribution in [-0.4, -0.2) is 59.5 Å². The normalized spacial score (nSPS) is 15.8. The summed E-state index contributed by atoms with van der Waals surface area (Å²) in [5, 5.41) is 11.8. The maximum Gasteiger partial charge on any atom is 0.296 e. The molecule has 1 aromatic carbocycles. The van der Waals surface area contributed by atoms with Gasteiger partial charge < -0.3 is 19.2 Å². The number of hydrogen-bond donors (Lipinski definition) is 3. The highest BCUT2D eigenvalue weighted by Crippen LogP contribution is 2.33. The van der Waals surface area contributed by atoms with Crippen LogP contribution in [0.25, 0.3) is 0 Å². The van der Waals surface area contributed by atoms with Gasteiger partial charge >= 0.3 is 0 Å². The summed E-state index contributed by atoms with van der Waals surface area (Å²) in [6, 6.07) is 5.13. The summed E-state index contributed by atoms with van der Waals surface area (Å²) in [4.78, 5) is 34.8. The summed E-state index contributed by atoms with van der Waals surface area (Å²) < 4.78 is 38.8. The number of unbranched alkanes of at least 4 members (excludes halogenated alkanes) is 11. The number of phosphoric acid groups is 1. The molecule has 46 heavy (non-hydrogen) atoms. The first-order chi connectivity index (χ1) is 21.7. The summed E-state index contributed by atoms with van der Waals surface area (Å²) in [5.41, 5.74) is 0.669. The number of sulfonamides is 1. The van der Waals surface area contributed by atoms with Crippen LogP contribution in [0.2, 0.25) is 0 Å². The summed E-state index contributed by atoms with van der Waals surface area (Å²) in [5.74, 6) is 0. The van der Waals surface area contributed by atoms with E-state index in [1.165, 1.54) is 83.5 Å². The van der Waals surface area contributed by atoms with Crippen molar-refractivity contribution in [2.45, 2.75) is 148 Å². The highest BCUT2D eigenvalue weighted by atomic mass is 32.2.